The minimum Gasteiger partial charge on any atom is -0.497 e. The smallest absolute Gasteiger partial charge is 0.210 e. The number of nitrogens with zero attached hydrogens (tertiary/aromatic N) is 4. The van der Waals surface area contributed by atoms with Crippen LogP contribution in [0.3, 0.4) is 0 Å². The van der Waals surface area contributed by atoms with Crippen molar-refractivity contribution in [3.05, 3.63) is 80.2 Å². The minimum absolute atomic E-state index is 0.0362. The first-order chi connectivity index (χ1) is 17.4. The van der Waals surface area contributed by atoms with E-state index in [2.05, 4.69) is 41.5 Å². The molecule has 186 valence electrons. The molecule has 2 N–H and O–H groups in total. The van der Waals surface area contributed by atoms with Crippen LogP contribution < -0.4 is 20.1 Å². The Morgan fingerprint density at radius 2 is 2.00 bits per heavy atom. The molecule has 8 nitrogen and oxygen atoms in total. The van der Waals surface area contributed by atoms with Crippen LogP contribution in [0.4, 0.5) is 15.9 Å². The van der Waals surface area contributed by atoms with E-state index in [0.29, 0.717) is 35.1 Å². The van der Waals surface area contributed by atoms with Crippen molar-refractivity contribution < 1.29 is 13.9 Å². The number of amidine groups is 1. The van der Waals surface area contributed by atoms with E-state index in [1.165, 1.54) is 0 Å². The Labute approximate surface area is 225 Å². The molecule has 5 rings (SSSR count). The molecule has 0 amide bonds. The lowest BCUT2D eigenvalue weighted by molar-refractivity contribution is 0.400. The second kappa shape index (κ2) is 10.1. The highest BCUT2D eigenvalue weighted by Gasteiger charge is 2.36. The van der Waals surface area contributed by atoms with Crippen LogP contribution >= 0.6 is 39.1 Å². The van der Waals surface area contributed by atoms with Crippen LogP contribution in [0.2, 0.25) is 5.02 Å². The molecule has 0 aliphatic carbocycles. The lowest BCUT2D eigenvalue weighted by atomic mass is 10.1. The number of halogens is 4. The molecule has 3 heterocycles. The average molecular weight is 594 g/mol. The number of aromatic nitrogens is 2. The lowest BCUT2D eigenvalue weighted by Gasteiger charge is -2.31. The van der Waals surface area contributed by atoms with E-state index in [0.717, 1.165) is 11.3 Å². The van der Waals surface area contributed by atoms with E-state index in [9.17, 15) is 0 Å². The molecule has 1 aromatic heterocycles. The summed E-state index contributed by atoms with van der Waals surface area (Å²) in [6, 6.07) is 7.33. The summed E-state index contributed by atoms with van der Waals surface area (Å²) in [5, 5.41) is 6.60. The second-order valence-electron chi connectivity index (χ2n) is 7.95. The molecule has 0 spiro atoms. The molecule has 0 radical (unpaired) electrons. The molecule has 3 aromatic rings. The number of aliphatic imine (C=N–C) groups is 1. The van der Waals surface area contributed by atoms with Gasteiger partial charge in [0, 0.05) is 18.9 Å². The standard InChI is InChI=1S/C24H20BrCl2FN6O2/c1-12(20-23(30-8-7-29-20)31-9-13-3-5-14(35-2)6-4-13)34-10-15(26)36-22-16-21(32-11-33-24(16)34)18(27)17(25)19(22)28/h3-8,10,12,32H,9,11H2,1-2H3,(H,30,31). The number of benzene rings is 2. The first-order valence-corrected chi connectivity index (χ1v) is 12.4. The Morgan fingerprint density at radius 3 is 2.75 bits per heavy atom. The van der Waals surface area contributed by atoms with Crippen LogP contribution in [0, 0.1) is 5.82 Å². The summed E-state index contributed by atoms with van der Waals surface area (Å²) in [6.45, 7) is 2.68. The maximum absolute atomic E-state index is 15.2. The van der Waals surface area contributed by atoms with Gasteiger partial charge in [-0.3, -0.25) is 4.98 Å². The Hall–Kier alpha value is -3.08. The Bertz CT molecular complexity index is 1390. The molecule has 2 aliphatic rings. The fourth-order valence-electron chi connectivity index (χ4n) is 4.04. The van der Waals surface area contributed by atoms with Crippen molar-refractivity contribution in [3.63, 3.8) is 0 Å². The van der Waals surface area contributed by atoms with Gasteiger partial charge >= 0.3 is 0 Å². The lowest BCUT2D eigenvalue weighted by Crippen LogP contribution is -2.33. The fourth-order valence-corrected chi connectivity index (χ4v) is 4.84. The highest BCUT2D eigenvalue weighted by atomic mass is 79.9. The quantitative estimate of drug-likeness (QED) is 0.326. The van der Waals surface area contributed by atoms with Crippen LogP contribution in [0.15, 0.2) is 57.5 Å². The Balaban J connectivity index is 1.50. The number of anilines is 2. The first-order valence-electron chi connectivity index (χ1n) is 10.9. The number of nitrogens with one attached hydrogen (secondary N) is 2. The van der Waals surface area contributed by atoms with Gasteiger partial charge in [0.25, 0.3) is 0 Å². The van der Waals surface area contributed by atoms with Crippen molar-refractivity contribution in [3.8, 4) is 11.5 Å². The topological polar surface area (TPSA) is 83.9 Å². The van der Waals surface area contributed by atoms with Gasteiger partial charge in [0.2, 0.25) is 5.22 Å². The molecule has 0 fully saturated rings. The van der Waals surface area contributed by atoms with Crippen LogP contribution in [-0.4, -0.2) is 34.5 Å². The third-order valence-corrected chi connectivity index (χ3v) is 7.36. The molecule has 0 saturated carbocycles. The van der Waals surface area contributed by atoms with Gasteiger partial charge in [-0.25, -0.2) is 14.4 Å². The Morgan fingerprint density at radius 1 is 1.25 bits per heavy atom. The van der Waals surface area contributed by atoms with Gasteiger partial charge in [0.1, 0.15) is 29.8 Å². The number of ether oxygens (including phenoxy) is 2. The summed E-state index contributed by atoms with van der Waals surface area (Å²) in [5.41, 5.74) is 2.56. The molecular formula is C24H20BrCl2FN6O2. The summed E-state index contributed by atoms with van der Waals surface area (Å²) >= 11 is 16.0. The maximum Gasteiger partial charge on any atom is 0.210 e. The minimum atomic E-state index is -0.669. The van der Waals surface area contributed by atoms with Gasteiger partial charge in [-0.15, -0.1) is 0 Å². The third-order valence-electron chi connectivity index (χ3n) is 5.83. The predicted molar refractivity (Wildman–Crippen MR) is 141 cm³/mol. The highest BCUT2D eigenvalue weighted by molar-refractivity contribution is 9.10. The summed E-state index contributed by atoms with van der Waals surface area (Å²) in [5.74, 6) is 1.08. The van der Waals surface area contributed by atoms with Crippen LogP contribution in [0.5, 0.6) is 11.5 Å². The van der Waals surface area contributed by atoms with Gasteiger partial charge in [-0.2, -0.15) is 0 Å². The number of hydrogen-bond donors (Lipinski definition) is 2. The van der Waals surface area contributed by atoms with Gasteiger partial charge in [0.15, 0.2) is 11.6 Å². The SMILES string of the molecule is COc1ccc(CNc2nccnc2C(C)N2C=C(Cl)Oc3c(F)c(Br)c(Cl)c4c3C2=NCN4)cc1. The number of methoxy groups -OCH3 is 1. The second-order valence-corrected chi connectivity index (χ2v) is 9.49. The molecule has 36 heavy (non-hydrogen) atoms. The zero-order valence-corrected chi connectivity index (χ0v) is 22.2. The molecule has 0 saturated heterocycles. The average Bonchev–Trinajstić information content (AvgIpc) is 3.06. The molecule has 2 aromatic carbocycles. The highest BCUT2D eigenvalue weighted by Crippen LogP contribution is 2.47. The summed E-state index contributed by atoms with van der Waals surface area (Å²) in [7, 11) is 1.63. The van der Waals surface area contributed by atoms with E-state index < -0.39 is 11.9 Å². The van der Waals surface area contributed by atoms with Crippen molar-refractivity contribution in [1.82, 2.24) is 14.9 Å². The molecule has 0 bridgehead atoms. The summed E-state index contributed by atoms with van der Waals surface area (Å²) in [6.07, 6.45) is 4.79. The van der Waals surface area contributed by atoms with Crippen LogP contribution in [-0.2, 0) is 6.54 Å². The fraction of sp³-hybridized carbons (Fsp3) is 0.208. The van der Waals surface area contributed by atoms with Gasteiger partial charge in [-0.1, -0.05) is 23.7 Å². The van der Waals surface area contributed by atoms with Crippen molar-refractivity contribution in [2.75, 3.05) is 24.4 Å². The van der Waals surface area contributed by atoms with Gasteiger partial charge in [0.05, 0.1) is 40.1 Å². The van der Waals surface area contributed by atoms with E-state index >= 15 is 4.39 Å². The van der Waals surface area contributed by atoms with Gasteiger partial charge < -0.3 is 25.0 Å². The van der Waals surface area contributed by atoms with Crippen molar-refractivity contribution in [1.29, 1.82) is 0 Å². The molecule has 2 aliphatic heterocycles. The van der Waals surface area contributed by atoms with E-state index in [1.54, 1.807) is 30.6 Å². The van der Waals surface area contributed by atoms with E-state index in [1.807, 2.05) is 31.2 Å². The number of rotatable bonds is 6. The zero-order valence-electron chi connectivity index (χ0n) is 19.2. The first kappa shape index (κ1) is 24.6. The van der Waals surface area contributed by atoms with Crippen LogP contribution in [0.1, 0.15) is 29.8 Å². The Kier molecular flexibility index (Phi) is 6.92. The zero-order chi connectivity index (χ0) is 25.4. The number of hydrogen-bond acceptors (Lipinski definition) is 8. The molecular weight excluding hydrogens is 574 g/mol. The van der Waals surface area contributed by atoms with Gasteiger partial charge in [-0.05, 0) is 52.2 Å². The van der Waals surface area contributed by atoms with Crippen molar-refractivity contribution in [2.45, 2.75) is 19.5 Å². The molecule has 1 atom stereocenters. The molecule has 1 unspecified atom stereocenters. The maximum atomic E-state index is 15.2. The third kappa shape index (κ3) is 4.44. The summed E-state index contributed by atoms with van der Waals surface area (Å²) < 4.78 is 26.1. The van der Waals surface area contributed by atoms with E-state index in [-0.39, 0.29) is 27.1 Å². The summed E-state index contributed by atoms with van der Waals surface area (Å²) in [4.78, 5) is 15.5. The van der Waals surface area contributed by atoms with Crippen LogP contribution in [0.25, 0.3) is 0 Å². The van der Waals surface area contributed by atoms with Crippen molar-refractivity contribution >= 4 is 56.5 Å². The molecule has 12 heteroatoms. The van der Waals surface area contributed by atoms with E-state index in [4.69, 9.17) is 32.7 Å². The largest absolute Gasteiger partial charge is 0.497 e. The predicted octanol–water partition coefficient (Wildman–Crippen LogP) is 6.28. The van der Waals surface area contributed by atoms with Crippen molar-refractivity contribution in [2.24, 2.45) is 4.99 Å². The normalized spacial score (nSPS) is 15.0. The monoisotopic (exact) mass is 592 g/mol.